The maximum Gasteiger partial charge on any atom is 0.254 e. The lowest BCUT2D eigenvalue weighted by Crippen LogP contribution is -2.41. The largest absolute Gasteiger partial charge is 0.341 e. The van der Waals surface area contributed by atoms with E-state index in [1.54, 1.807) is 17.0 Å². The minimum Gasteiger partial charge on any atom is -0.341 e. The minimum absolute atomic E-state index is 0.00925. The van der Waals surface area contributed by atoms with Gasteiger partial charge in [0.2, 0.25) is 5.91 Å². The molecule has 3 rings (SSSR count). The SMILES string of the molecule is CCc1cc(=O)n(CC(=O)N(C)C2CCCCC2)c(-c2cccc(Cl)c2)n1. The van der Waals surface area contributed by atoms with Gasteiger partial charge in [-0.1, -0.05) is 49.9 Å². The standard InChI is InChI=1S/C21H26ClN3O2/c1-3-17-13-19(26)25(21(23-17)15-8-7-9-16(22)12-15)14-20(27)24(2)18-10-5-4-6-11-18/h7-9,12-13,18H,3-6,10-11,14H2,1-2H3. The number of likely N-dealkylation sites (N-methyl/N-ethyl adjacent to an activating group) is 1. The van der Waals surface area contributed by atoms with Crippen molar-refractivity contribution in [2.75, 3.05) is 7.05 Å². The highest BCUT2D eigenvalue weighted by atomic mass is 35.5. The number of nitrogens with zero attached hydrogens (tertiary/aromatic N) is 3. The summed E-state index contributed by atoms with van der Waals surface area (Å²) in [5.41, 5.74) is 1.24. The number of benzene rings is 1. The van der Waals surface area contributed by atoms with Gasteiger partial charge >= 0.3 is 0 Å². The first-order chi connectivity index (χ1) is 13.0. The Hall–Kier alpha value is -2.14. The van der Waals surface area contributed by atoms with Crippen LogP contribution in [0.3, 0.4) is 0 Å². The van der Waals surface area contributed by atoms with E-state index in [4.69, 9.17) is 11.6 Å². The molecule has 6 heteroatoms. The second kappa shape index (κ2) is 8.70. The molecule has 27 heavy (non-hydrogen) atoms. The number of aryl methyl sites for hydroxylation is 1. The second-order valence-corrected chi connectivity index (χ2v) is 7.59. The van der Waals surface area contributed by atoms with E-state index in [0.717, 1.165) is 31.2 Å². The number of carbonyl (C=O) groups excluding carboxylic acids is 1. The summed E-state index contributed by atoms with van der Waals surface area (Å²) in [6, 6.07) is 9.01. The molecule has 1 aliphatic carbocycles. The van der Waals surface area contributed by atoms with Crippen molar-refractivity contribution in [3.63, 3.8) is 0 Å². The van der Waals surface area contributed by atoms with Crippen LogP contribution in [0.2, 0.25) is 5.02 Å². The summed E-state index contributed by atoms with van der Waals surface area (Å²) in [6.45, 7) is 1.94. The monoisotopic (exact) mass is 387 g/mol. The number of rotatable bonds is 5. The van der Waals surface area contributed by atoms with Gasteiger partial charge in [0.15, 0.2) is 0 Å². The maximum absolute atomic E-state index is 12.9. The van der Waals surface area contributed by atoms with Gasteiger partial charge in [0.25, 0.3) is 5.56 Å². The van der Waals surface area contributed by atoms with Crippen molar-refractivity contribution in [2.24, 2.45) is 0 Å². The molecule has 0 aliphatic heterocycles. The van der Waals surface area contributed by atoms with Gasteiger partial charge in [-0.3, -0.25) is 14.2 Å². The van der Waals surface area contributed by atoms with Crippen molar-refractivity contribution in [3.05, 3.63) is 51.4 Å². The van der Waals surface area contributed by atoms with Crippen molar-refractivity contribution in [1.29, 1.82) is 0 Å². The summed E-state index contributed by atoms with van der Waals surface area (Å²) in [7, 11) is 1.84. The van der Waals surface area contributed by atoms with Crippen LogP contribution in [0.4, 0.5) is 0 Å². The number of hydrogen-bond acceptors (Lipinski definition) is 3. The van der Waals surface area contributed by atoms with Crippen LogP contribution < -0.4 is 5.56 Å². The van der Waals surface area contributed by atoms with Crippen LogP contribution in [0.1, 0.15) is 44.7 Å². The van der Waals surface area contributed by atoms with Crippen LogP contribution in [0.5, 0.6) is 0 Å². The number of carbonyl (C=O) groups is 1. The van der Waals surface area contributed by atoms with Gasteiger partial charge < -0.3 is 4.90 Å². The third-order valence-electron chi connectivity index (χ3n) is 5.32. The van der Waals surface area contributed by atoms with Crippen LogP contribution in [0.25, 0.3) is 11.4 Å². The molecule has 2 aromatic rings. The summed E-state index contributed by atoms with van der Waals surface area (Å²) >= 11 is 6.13. The molecular weight excluding hydrogens is 362 g/mol. The highest BCUT2D eigenvalue weighted by molar-refractivity contribution is 6.30. The van der Waals surface area contributed by atoms with Crippen LogP contribution in [-0.2, 0) is 17.8 Å². The maximum atomic E-state index is 12.9. The Morgan fingerprint density at radius 2 is 2.00 bits per heavy atom. The molecule has 0 unspecified atom stereocenters. The summed E-state index contributed by atoms with van der Waals surface area (Å²) in [6.07, 6.45) is 6.26. The molecule has 1 heterocycles. The Bertz CT molecular complexity index is 872. The van der Waals surface area contributed by atoms with E-state index < -0.39 is 0 Å². The smallest absolute Gasteiger partial charge is 0.254 e. The average Bonchev–Trinajstić information content (AvgIpc) is 2.69. The molecule has 144 valence electrons. The molecule has 0 atom stereocenters. The van der Waals surface area contributed by atoms with Gasteiger partial charge in [0.05, 0.1) is 0 Å². The van der Waals surface area contributed by atoms with E-state index in [1.807, 2.05) is 26.1 Å². The Labute approximate surface area is 165 Å². The lowest BCUT2D eigenvalue weighted by Gasteiger charge is -2.31. The minimum atomic E-state index is -0.206. The fraction of sp³-hybridized carbons (Fsp3) is 0.476. The molecule has 0 N–H and O–H groups in total. The summed E-state index contributed by atoms with van der Waals surface area (Å²) in [4.78, 5) is 32.0. The Balaban J connectivity index is 1.94. The first-order valence-electron chi connectivity index (χ1n) is 9.62. The number of halogens is 1. The molecule has 1 fully saturated rings. The van der Waals surface area contributed by atoms with Gasteiger partial charge in [-0.05, 0) is 31.4 Å². The fourth-order valence-corrected chi connectivity index (χ4v) is 3.84. The predicted octanol–water partition coefficient (Wildman–Crippen LogP) is 3.92. The molecular formula is C21H26ClN3O2. The van der Waals surface area contributed by atoms with E-state index in [0.29, 0.717) is 23.0 Å². The molecule has 0 saturated heterocycles. The van der Waals surface area contributed by atoms with Gasteiger partial charge in [-0.15, -0.1) is 0 Å². The van der Waals surface area contributed by atoms with E-state index >= 15 is 0 Å². The van der Waals surface area contributed by atoms with Crippen LogP contribution >= 0.6 is 11.6 Å². The van der Waals surface area contributed by atoms with Crippen molar-refractivity contribution >= 4 is 17.5 Å². The highest BCUT2D eigenvalue weighted by Crippen LogP contribution is 2.23. The third-order valence-corrected chi connectivity index (χ3v) is 5.55. The molecule has 1 saturated carbocycles. The zero-order valence-corrected chi connectivity index (χ0v) is 16.7. The van der Waals surface area contributed by atoms with Crippen LogP contribution in [0, 0.1) is 0 Å². The van der Waals surface area contributed by atoms with Crippen molar-refractivity contribution < 1.29 is 4.79 Å². The average molecular weight is 388 g/mol. The lowest BCUT2D eigenvalue weighted by atomic mass is 9.94. The molecule has 1 aromatic heterocycles. The summed E-state index contributed by atoms with van der Waals surface area (Å²) in [5, 5.41) is 0.570. The van der Waals surface area contributed by atoms with Crippen LogP contribution in [0.15, 0.2) is 35.1 Å². The van der Waals surface area contributed by atoms with Gasteiger partial charge in [0, 0.05) is 35.4 Å². The predicted molar refractivity (Wildman–Crippen MR) is 108 cm³/mol. The molecule has 1 aromatic carbocycles. The van der Waals surface area contributed by atoms with Crippen molar-refractivity contribution in [1.82, 2.24) is 14.5 Å². The lowest BCUT2D eigenvalue weighted by molar-refractivity contribution is -0.133. The zero-order valence-electron chi connectivity index (χ0n) is 15.9. The van der Waals surface area contributed by atoms with Gasteiger partial charge in [0.1, 0.15) is 12.4 Å². The van der Waals surface area contributed by atoms with Gasteiger partial charge in [-0.2, -0.15) is 0 Å². The quantitative estimate of drug-likeness (QED) is 0.781. The van der Waals surface area contributed by atoms with E-state index in [9.17, 15) is 9.59 Å². The summed E-state index contributed by atoms with van der Waals surface area (Å²) < 4.78 is 1.46. The molecule has 0 bridgehead atoms. The van der Waals surface area contributed by atoms with E-state index in [-0.39, 0.29) is 24.1 Å². The van der Waals surface area contributed by atoms with Crippen molar-refractivity contribution in [3.8, 4) is 11.4 Å². The van der Waals surface area contributed by atoms with Crippen molar-refractivity contribution in [2.45, 2.75) is 58.0 Å². The van der Waals surface area contributed by atoms with Crippen LogP contribution in [-0.4, -0.2) is 33.4 Å². The number of amides is 1. The first kappa shape index (κ1) is 19.6. The van der Waals surface area contributed by atoms with E-state index in [2.05, 4.69) is 4.98 Å². The molecule has 5 nitrogen and oxygen atoms in total. The zero-order chi connectivity index (χ0) is 19.4. The molecule has 1 aliphatic rings. The Morgan fingerprint density at radius 3 is 2.67 bits per heavy atom. The normalized spacial score (nSPS) is 14.9. The van der Waals surface area contributed by atoms with E-state index in [1.165, 1.54) is 17.1 Å². The molecule has 0 radical (unpaired) electrons. The topological polar surface area (TPSA) is 55.2 Å². The summed E-state index contributed by atoms with van der Waals surface area (Å²) in [5.74, 6) is 0.436. The first-order valence-corrected chi connectivity index (χ1v) is 9.99. The Morgan fingerprint density at radius 1 is 1.26 bits per heavy atom. The fourth-order valence-electron chi connectivity index (χ4n) is 3.65. The second-order valence-electron chi connectivity index (χ2n) is 7.16. The number of hydrogen-bond donors (Lipinski definition) is 0. The number of aromatic nitrogens is 2. The molecule has 1 amide bonds. The highest BCUT2D eigenvalue weighted by Gasteiger charge is 2.23. The van der Waals surface area contributed by atoms with Gasteiger partial charge in [-0.25, -0.2) is 4.98 Å². The Kier molecular flexibility index (Phi) is 6.32. The third kappa shape index (κ3) is 4.59. The molecule has 0 spiro atoms.